The third kappa shape index (κ3) is 5.68. The highest BCUT2D eigenvalue weighted by molar-refractivity contribution is 6.29. The zero-order valence-electron chi connectivity index (χ0n) is 23.3. The van der Waals surface area contributed by atoms with E-state index in [-0.39, 0.29) is 12.1 Å². The van der Waals surface area contributed by atoms with Crippen LogP contribution in [0.3, 0.4) is 0 Å². The van der Waals surface area contributed by atoms with Gasteiger partial charge in [-0.05, 0) is 92.3 Å². The molecule has 0 aromatic rings. The van der Waals surface area contributed by atoms with Crippen molar-refractivity contribution < 1.29 is 9.53 Å². The van der Waals surface area contributed by atoms with Crippen LogP contribution in [0, 0.1) is 34.5 Å². The lowest BCUT2D eigenvalue weighted by molar-refractivity contribution is -0.151. The van der Waals surface area contributed by atoms with Crippen molar-refractivity contribution in [3.05, 3.63) is 11.6 Å². The van der Waals surface area contributed by atoms with Gasteiger partial charge in [0.2, 0.25) is 0 Å². The Labute approximate surface area is 221 Å². The summed E-state index contributed by atoms with van der Waals surface area (Å²) in [6.45, 7) is 9.61. The van der Waals surface area contributed by atoms with Gasteiger partial charge in [0.1, 0.15) is 11.5 Å². The Hall–Kier alpha value is -0.500. The summed E-state index contributed by atoms with van der Waals surface area (Å²) in [6.07, 6.45) is 24.4. The number of carbonyl (C=O) groups excluding carboxylic acids is 1. The number of alkyl halides is 1. The van der Waals surface area contributed by atoms with Gasteiger partial charge in [0, 0.05) is 6.42 Å². The number of halogens is 1. The molecule has 3 fully saturated rings. The van der Waals surface area contributed by atoms with Gasteiger partial charge in [-0.25, -0.2) is 0 Å². The normalized spacial score (nSPS) is 39.2. The predicted octanol–water partition coefficient (Wildman–Crippen LogP) is 9.64. The number of hydrogen-bond acceptors (Lipinski definition) is 2. The lowest BCUT2D eigenvalue weighted by Crippen LogP contribution is -2.50. The van der Waals surface area contributed by atoms with Crippen LogP contribution in [0.25, 0.3) is 0 Å². The first-order chi connectivity index (χ1) is 16.8. The third-order valence-electron chi connectivity index (χ3n) is 11.2. The Balaban J connectivity index is 1.36. The van der Waals surface area contributed by atoms with Crippen molar-refractivity contribution in [1.82, 2.24) is 0 Å². The molecule has 0 amide bonds. The smallest absolute Gasteiger partial charge is 0.324 e. The van der Waals surface area contributed by atoms with Gasteiger partial charge in [0.25, 0.3) is 0 Å². The van der Waals surface area contributed by atoms with Gasteiger partial charge in [-0.2, -0.15) is 0 Å². The van der Waals surface area contributed by atoms with Gasteiger partial charge in [-0.1, -0.05) is 84.3 Å². The molecule has 4 rings (SSSR count). The number of ether oxygens (including phenoxy) is 1. The number of esters is 1. The number of fused-ring (bicyclic) bond motifs is 5. The van der Waals surface area contributed by atoms with E-state index >= 15 is 0 Å². The molecule has 3 saturated carbocycles. The summed E-state index contributed by atoms with van der Waals surface area (Å²) >= 11 is 6.25. The van der Waals surface area contributed by atoms with Crippen molar-refractivity contribution in [3.63, 3.8) is 0 Å². The first kappa shape index (κ1) is 27.5. The predicted molar refractivity (Wildman–Crippen MR) is 148 cm³/mol. The van der Waals surface area contributed by atoms with Crippen molar-refractivity contribution in [2.75, 3.05) is 0 Å². The van der Waals surface area contributed by atoms with Crippen molar-refractivity contribution >= 4 is 17.6 Å². The zero-order valence-corrected chi connectivity index (χ0v) is 24.0. The summed E-state index contributed by atoms with van der Waals surface area (Å²) in [5.41, 5.74) is 2.48. The Morgan fingerprint density at radius 3 is 2.54 bits per heavy atom. The molecule has 0 aromatic heterocycles. The van der Waals surface area contributed by atoms with E-state index in [1.807, 2.05) is 0 Å². The number of hydrogen-bond donors (Lipinski definition) is 0. The first-order valence-electron chi connectivity index (χ1n) is 15.4. The van der Waals surface area contributed by atoms with Crippen LogP contribution in [-0.2, 0) is 9.53 Å². The molecule has 0 saturated heterocycles. The average molecular weight is 505 g/mol. The second-order valence-corrected chi connectivity index (χ2v) is 13.7. The summed E-state index contributed by atoms with van der Waals surface area (Å²) in [5, 5.41) is -0.485. The maximum Gasteiger partial charge on any atom is 0.324 e. The minimum atomic E-state index is -0.485. The fourth-order valence-corrected chi connectivity index (χ4v) is 9.36. The summed E-state index contributed by atoms with van der Waals surface area (Å²) in [7, 11) is 0. The van der Waals surface area contributed by atoms with Crippen molar-refractivity contribution in [2.24, 2.45) is 34.5 Å². The van der Waals surface area contributed by atoms with Crippen LogP contribution < -0.4 is 0 Å². The van der Waals surface area contributed by atoms with Gasteiger partial charge in [-0.3, -0.25) is 4.79 Å². The van der Waals surface area contributed by atoms with Crippen LogP contribution in [0.2, 0.25) is 0 Å². The summed E-state index contributed by atoms with van der Waals surface area (Å²) in [5.74, 6) is 3.37. The fraction of sp³-hybridized carbons (Fsp3) is 0.906. The minimum Gasteiger partial charge on any atom is -0.461 e. The van der Waals surface area contributed by atoms with Crippen LogP contribution in [0.5, 0.6) is 0 Å². The van der Waals surface area contributed by atoms with E-state index < -0.39 is 5.38 Å². The molecular formula is C32H53ClO2. The van der Waals surface area contributed by atoms with E-state index in [0.717, 1.165) is 42.9 Å². The zero-order chi connectivity index (χ0) is 25.1. The van der Waals surface area contributed by atoms with E-state index in [1.165, 1.54) is 83.5 Å². The molecule has 4 aliphatic carbocycles. The van der Waals surface area contributed by atoms with Crippen LogP contribution in [0.15, 0.2) is 11.6 Å². The first-order valence-corrected chi connectivity index (χ1v) is 15.8. The van der Waals surface area contributed by atoms with Crippen molar-refractivity contribution in [2.45, 2.75) is 148 Å². The maximum absolute atomic E-state index is 12.4. The van der Waals surface area contributed by atoms with Crippen molar-refractivity contribution in [1.29, 1.82) is 0 Å². The number of carbonyl (C=O) groups is 1. The highest BCUT2D eigenvalue weighted by Crippen LogP contribution is 2.66. The van der Waals surface area contributed by atoms with E-state index in [2.05, 4.69) is 33.8 Å². The summed E-state index contributed by atoms with van der Waals surface area (Å²) < 4.78 is 5.89. The van der Waals surface area contributed by atoms with Crippen molar-refractivity contribution in [3.8, 4) is 0 Å². The molecule has 35 heavy (non-hydrogen) atoms. The summed E-state index contributed by atoms with van der Waals surface area (Å²) in [6, 6.07) is 0. The molecule has 8 atom stereocenters. The van der Waals surface area contributed by atoms with Crippen LogP contribution in [-0.4, -0.2) is 17.5 Å². The van der Waals surface area contributed by atoms with Gasteiger partial charge >= 0.3 is 5.97 Å². The summed E-state index contributed by atoms with van der Waals surface area (Å²) in [4.78, 5) is 12.4. The monoisotopic (exact) mass is 504 g/mol. The van der Waals surface area contributed by atoms with Gasteiger partial charge < -0.3 is 4.74 Å². The van der Waals surface area contributed by atoms with E-state index in [9.17, 15) is 4.79 Å². The molecule has 0 bridgehead atoms. The Bertz CT molecular complexity index is 746. The Kier molecular flexibility index (Phi) is 9.37. The SMILES string of the molecule is CCCCCCCC[C@@H]1CC[C@@H]2[C@@H]3CC=C4C[C@@H](OC(=O)[C@@H](Cl)CCC)CC[C@]4(C)[C@@H]3CC[C@]12C. The lowest BCUT2D eigenvalue weighted by Gasteiger charge is -2.58. The lowest BCUT2D eigenvalue weighted by atomic mass is 9.47. The number of allylic oxidation sites excluding steroid dienone is 1. The quantitative estimate of drug-likeness (QED) is 0.121. The fourth-order valence-electron chi connectivity index (χ4n) is 9.09. The maximum atomic E-state index is 12.4. The highest BCUT2D eigenvalue weighted by atomic mass is 35.5. The second-order valence-electron chi connectivity index (χ2n) is 13.2. The molecule has 0 heterocycles. The van der Waals surface area contributed by atoms with E-state index in [1.54, 1.807) is 5.57 Å². The molecule has 2 nitrogen and oxygen atoms in total. The van der Waals surface area contributed by atoms with Crippen LogP contribution in [0.1, 0.15) is 137 Å². The Morgan fingerprint density at radius 2 is 1.77 bits per heavy atom. The highest BCUT2D eigenvalue weighted by Gasteiger charge is 2.58. The third-order valence-corrected chi connectivity index (χ3v) is 11.6. The Morgan fingerprint density at radius 1 is 1.00 bits per heavy atom. The van der Waals surface area contributed by atoms with Gasteiger partial charge in [0.15, 0.2) is 0 Å². The molecule has 0 N–H and O–H groups in total. The molecular weight excluding hydrogens is 452 g/mol. The topological polar surface area (TPSA) is 26.3 Å². The molecule has 4 aliphatic rings. The van der Waals surface area contributed by atoms with Gasteiger partial charge in [0.05, 0.1) is 0 Å². The second kappa shape index (κ2) is 11.9. The van der Waals surface area contributed by atoms with Gasteiger partial charge in [-0.15, -0.1) is 11.6 Å². The molecule has 3 heteroatoms. The number of rotatable bonds is 11. The molecule has 0 radical (unpaired) electrons. The molecule has 0 aromatic carbocycles. The van der Waals surface area contributed by atoms with Crippen LogP contribution in [0.4, 0.5) is 0 Å². The van der Waals surface area contributed by atoms with E-state index in [0.29, 0.717) is 17.3 Å². The minimum absolute atomic E-state index is 0.0264. The molecule has 0 unspecified atom stereocenters. The molecule has 0 aliphatic heterocycles. The largest absolute Gasteiger partial charge is 0.461 e. The van der Waals surface area contributed by atoms with E-state index in [4.69, 9.17) is 16.3 Å². The molecule has 0 spiro atoms. The standard InChI is InChI=1S/C32H53ClO2/c1-5-7-8-9-10-11-13-23-15-17-27-26-16-14-24-22-25(35-30(34)29(33)12-6-2)18-20-32(24,4)28(26)19-21-31(23,27)3/h14,23,25-29H,5-13,15-22H2,1-4H3/t23-,25+,26+,27-,28-,29+,31-,32+/m1/s1. The van der Waals surface area contributed by atoms with Crippen LogP contribution >= 0.6 is 11.6 Å². The molecule has 200 valence electrons. The number of unbranched alkanes of at least 4 members (excludes halogenated alkanes) is 5. The average Bonchev–Trinajstić information content (AvgIpc) is 3.18.